The summed E-state index contributed by atoms with van der Waals surface area (Å²) in [7, 11) is 1.51. The normalized spacial score (nSPS) is 29.6. The van der Waals surface area contributed by atoms with Crippen LogP contribution in [0.5, 0.6) is 5.88 Å². The van der Waals surface area contributed by atoms with E-state index in [1.807, 2.05) is 17.1 Å². The number of pyridine rings is 1. The van der Waals surface area contributed by atoms with Crippen LogP contribution in [0.3, 0.4) is 0 Å². The molecule has 0 aromatic carbocycles. The van der Waals surface area contributed by atoms with E-state index < -0.39 is 6.10 Å². The van der Waals surface area contributed by atoms with Gasteiger partial charge in [0, 0.05) is 25.2 Å². The third kappa shape index (κ3) is 3.63. The Labute approximate surface area is 164 Å². The van der Waals surface area contributed by atoms with E-state index in [1.54, 1.807) is 18.3 Å². The fourth-order valence-electron chi connectivity index (χ4n) is 4.77. The maximum Gasteiger partial charge on any atom is 0.259 e. The number of rotatable bonds is 4. The molecule has 4 rings (SSSR count). The van der Waals surface area contributed by atoms with Crippen molar-refractivity contribution in [3.05, 3.63) is 36.0 Å². The quantitative estimate of drug-likeness (QED) is 0.764. The number of hydrogen-bond donors (Lipinski definition) is 2. The molecule has 2 fully saturated rings. The van der Waals surface area contributed by atoms with E-state index in [0.29, 0.717) is 37.4 Å². The summed E-state index contributed by atoms with van der Waals surface area (Å²) in [6.45, 7) is 1.25. The first-order valence-electron chi connectivity index (χ1n) is 9.98. The van der Waals surface area contributed by atoms with Crippen molar-refractivity contribution in [3.63, 3.8) is 0 Å². The average molecular weight is 385 g/mol. The van der Waals surface area contributed by atoms with Crippen molar-refractivity contribution >= 4 is 11.8 Å². The number of likely N-dealkylation sites (tertiary alicyclic amines) is 1. The van der Waals surface area contributed by atoms with Gasteiger partial charge in [0.15, 0.2) is 0 Å². The van der Waals surface area contributed by atoms with Gasteiger partial charge < -0.3 is 20.1 Å². The molecule has 0 bridgehead atoms. The van der Waals surface area contributed by atoms with E-state index in [4.69, 9.17) is 4.74 Å². The number of nitrogens with one attached hydrogen (secondary N) is 1. The van der Waals surface area contributed by atoms with Crippen molar-refractivity contribution < 1.29 is 19.4 Å². The molecule has 7 nitrogen and oxygen atoms in total. The standard InChI is InChI=1S/C21H27N3O4/c1-28-20-16(7-4-8-22-20)21(27)24-11-14-9-17(18(25)10-15(14)12-24)23-19(26)13-5-2-3-6-13/h2-4,7-8,13-15,17-18,25H,5-6,9-12H2,1H3,(H,23,26)/t14-,15+,17-,18-/m0/s1. The lowest BCUT2D eigenvalue weighted by molar-refractivity contribution is -0.127. The Morgan fingerprint density at radius 3 is 2.64 bits per heavy atom. The zero-order valence-electron chi connectivity index (χ0n) is 16.1. The lowest BCUT2D eigenvalue weighted by Crippen LogP contribution is -2.50. The van der Waals surface area contributed by atoms with Gasteiger partial charge >= 0.3 is 0 Å². The number of ether oxygens (including phenoxy) is 1. The summed E-state index contributed by atoms with van der Waals surface area (Å²) < 4.78 is 5.22. The van der Waals surface area contributed by atoms with Crippen LogP contribution in [0.15, 0.2) is 30.5 Å². The highest BCUT2D eigenvalue weighted by Gasteiger charge is 2.44. The van der Waals surface area contributed by atoms with Crippen LogP contribution in [0.25, 0.3) is 0 Å². The molecular weight excluding hydrogens is 358 g/mol. The molecule has 0 unspecified atom stereocenters. The zero-order chi connectivity index (χ0) is 19.7. The number of hydrogen-bond acceptors (Lipinski definition) is 5. The first kappa shape index (κ1) is 18.9. The molecular formula is C21H27N3O4. The number of carbonyl (C=O) groups is 2. The topological polar surface area (TPSA) is 91.8 Å². The summed E-state index contributed by atoms with van der Waals surface area (Å²) in [5, 5.41) is 13.6. The van der Waals surface area contributed by atoms with Crippen LogP contribution >= 0.6 is 0 Å². The highest BCUT2D eigenvalue weighted by Crippen LogP contribution is 2.37. The lowest BCUT2D eigenvalue weighted by atomic mass is 9.77. The van der Waals surface area contributed by atoms with Gasteiger partial charge in [-0.25, -0.2) is 4.98 Å². The van der Waals surface area contributed by atoms with Gasteiger partial charge in [-0.2, -0.15) is 0 Å². The Balaban J connectivity index is 1.40. The molecule has 2 N–H and O–H groups in total. The number of fused-ring (bicyclic) bond motifs is 1. The molecule has 3 aliphatic rings. The predicted octanol–water partition coefficient (Wildman–Crippen LogP) is 1.38. The van der Waals surface area contributed by atoms with Gasteiger partial charge in [-0.05, 0) is 49.7 Å². The van der Waals surface area contributed by atoms with Gasteiger partial charge in [0.2, 0.25) is 11.8 Å². The maximum absolute atomic E-state index is 13.0. The molecule has 2 aliphatic carbocycles. The molecule has 1 saturated heterocycles. The van der Waals surface area contributed by atoms with Gasteiger partial charge in [-0.1, -0.05) is 12.2 Å². The summed E-state index contributed by atoms with van der Waals surface area (Å²) in [6, 6.07) is 3.22. The number of aromatic nitrogens is 1. The van der Waals surface area contributed by atoms with E-state index in [2.05, 4.69) is 10.3 Å². The van der Waals surface area contributed by atoms with Gasteiger partial charge in [0.25, 0.3) is 5.91 Å². The Bertz CT molecular complexity index is 773. The molecule has 1 saturated carbocycles. The second kappa shape index (κ2) is 7.91. The number of amides is 2. The second-order valence-electron chi connectivity index (χ2n) is 8.08. The number of aliphatic hydroxyl groups excluding tert-OH is 1. The average Bonchev–Trinajstić information content (AvgIpc) is 3.37. The van der Waals surface area contributed by atoms with Crippen molar-refractivity contribution in [1.29, 1.82) is 0 Å². The van der Waals surface area contributed by atoms with Crippen LogP contribution in [0.1, 0.15) is 36.0 Å². The van der Waals surface area contributed by atoms with Crippen molar-refractivity contribution in [2.24, 2.45) is 17.8 Å². The first-order chi connectivity index (χ1) is 13.6. The van der Waals surface area contributed by atoms with E-state index in [0.717, 1.165) is 12.8 Å². The summed E-state index contributed by atoms with van der Waals surface area (Å²) in [5.41, 5.74) is 0.461. The smallest absolute Gasteiger partial charge is 0.259 e. The van der Waals surface area contributed by atoms with E-state index in [-0.39, 0.29) is 35.6 Å². The molecule has 0 spiro atoms. The predicted molar refractivity (Wildman–Crippen MR) is 103 cm³/mol. The minimum Gasteiger partial charge on any atom is -0.480 e. The zero-order valence-corrected chi connectivity index (χ0v) is 16.1. The SMILES string of the molecule is COc1ncccc1C(=O)N1C[C@H]2C[C@H](O)[C@@H](NC(=O)C3CC=CC3)C[C@H]2C1. The van der Waals surface area contributed by atoms with Crippen molar-refractivity contribution in [2.75, 3.05) is 20.2 Å². The first-order valence-corrected chi connectivity index (χ1v) is 9.98. The highest BCUT2D eigenvalue weighted by molar-refractivity contribution is 5.96. The molecule has 0 radical (unpaired) electrons. The van der Waals surface area contributed by atoms with Crippen LogP contribution in [0.2, 0.25) is 0 Å². The molecule has 2 amide bonds. The number of methoxy groups -OCH3 is 1. The highest BCUT2D eigenvalue weighted by atomic mass is 16.5. The van der Waals surface area contributed by atoms with Gasteiger partial charge in [-0.3, -0.25) is 9.59 Å². The van der Waals surface area contributed by atoms with Crippen LogP contribution in [-0.4, -0.2) is 59.1 Å². The van der Waals surface area contributed by atoms with Crippen molar-refractivity contribution in [1.82, 2.24) is 15.2 Å². The van der Waals surface area contributed by atoms with Crippen LogP contribution in [-0.2, 0) is 4.79 Å². The van der Waals surface area contributed by atoms with Crippen molar-refractivity contribution in [3.8, 4) is 5.88 Å². The third-order valence-corrected chi connectivity index (χ3v) is 6.33. The molecule has 1 aromatic heterocycles. The Morgan fingerprint density at radius 1 is 1.21 bits per heavy atom. The van der Waals surface area contributed by atoms with Crippen LogP contribution < -0.4 is 10.1 Å². The molecule has 4 atom stereocenters. The van der Waals surface area contributed by atoms with E-state index >= 15 is 0 Å². The summed E-state index contributed by atoms with van der Waals surface area (Å²) in [5.74, 6) is 0.789. The number of allylic oxidation sites excluding steroid dienone is 2. The summed E-state index contributed by atoms with van der Waals surface area (Å²) >= 11 is 0. The molecule has 1 aliphatic heterocycles. The number of nitrogens with zero attached hydrogens (tertiary/aromatic N) is 2. The van der Waals surface area contributed by atoms with E-state index in [1.165, 1.54) is 7.11 Å². The van der Waals surface area contributed by atoms with Gasteiger partial charge in [0.1, 0.15) is 5.56 Å². The van der Waals surface area contributed by atoms with Crippen molar-refractivity contribution in [2.45, 2.75) is 37.8 Å². The monoisotopic (exact) mass is 385 g/mol. The number of aliphatic hydroxyl groups is 1. The minimum atomic E-state index is -0.567. The Morgan fingerprint density at radius 2 is 1.93 bits per heavy atom. The molecule has 150 valence electrons. The molecule has 2 heterocycles. The van der Waals surface area contributed by atoms with Gasteiger partial charge in [0.05, 0.1) is 19.3 Å². The summed E-state index contributed by atoms with van der Waals surface area (Å²) in [4.78, 5) is 31.3. The molecule has 7 heteroatoms. The van der Waals surface area contributed by atoms with Crippen LogP contribution in [0, 0.1) is 17.8 Å². The van der Waals surface area contributed by atoms with Gasteiger partial charge in [-0.15, -0.1) is 0 Å². The summed E-state index contributed by atoms with van der Waals surface area (Å²) in [6.07, 6.45) is 7.95. The lowest BCUT2D eigenvalue weighted by Gasteiger charge is -2.36. The number of carbonyl (C=O) groups excluding carboxylic acids is 2. The Kier molecular flexibility index (Phi) is 5.35. The largest absolute Gasteiger partial charge is 0.480 e. The van der Waals surface area contributed by atoms with Crippen LogP contribution in [0.4, 0.5) is 0 Å². The Hall–Kier alpha value is -2.41. The second-order valence-corrected chi connectivity index (χ2v) is 8.08. The van der Waals surface area contributed by atoms with E-state index in [9.17, 15) is 14.7 Å². The third-order valence-electron chi connectivity index (χ3n) is 6.33. The fraction of sp³-hybridized carbons (Fsp3) is 0.571. The maximum atomic E-state index is 13.0. The fourth-order valence-corrected chi connectivity index (χ4v) is 4.77. The molecule has 28 heavy (non-hydrogen) atoms. The minimum absolute atomic E-state index is 0.00961. The molecule has 1 aromatic rings.